The number of benzene rings is 1. The van der Waals surface area contributed by atoms with Crippen molar-refractivity contribution in [2.45, 2.75) is 38.8 Å². The highest BCUT2D eigenvalue weighted by Gasteiger charge is 2.30. The lowest BCUT2D eigenvalue weighted by molar-refractivity contribution is -0.384. The van der Waals surface area contributed by atoms with Crippen LogP contribution in [-0.4, -0.2) is 30.1 Å². The molecule has 1 fully saturated rings. The van der Waals surface area contributed by atoms with E-state index in [1.807, 2.05) is 6.07 Å². The average Bonchev–Trinajstić information content (AvgIpc) is 2.46. The Balaban J connectivity index is 2.40. The molecular formula is C14H20BrN3O2. The van der Waals surface area contributed by atoms with E-state index in [2.05, 4.69) is 40.0 Å². The van der Waals surface area contributed by atoms with Crippen LogP contribution >= 0.6 is 15.9 Å². The highest BCUT2D eigenvalue weighted by atomic mass is 79.9. The maximum Gasteiger partial charge on any atom is 0.292 e. The molecule has 1 heterocycles. The number of piperazine rings is 1. The highest BCUT2D eigenvalue weighted by Crippen LogP contribution is 2.34. The fraction of sp³-hybridized carbons (Fsp3) is 0.571. The molecule has 5 nitrogen and oxygen atoms in total. The molecule has 0 radical (unpaired) electrons. The average molecular weight is 342 g/mol. The number of halogens is 1. The van der Waals surface area contributed by atoms with E-state index in [1.54, 1.807) is 12.1 Å². The minimum atomic E-state index is -0.294. The van der Waals surface area contributed by atoms with Gasteiger partial charge in [0.1, 0.15) is 5.69 Å². The predicted molar refractivity (Wildman–Crippen MR) is 84.3 cm³/mol. The normalized spacial score (nSPS) is 22.9. The first kappa shape index (κ1) is 15.3. The van der Waals surface area contributed by atoms with Gasteiger partial charge in [0.05, 0.1) is 4.92 Å². The number of rotatable bonds is 4. The first-order chi connectivity index (χ1) is 9.56. The summed E-state index contributed by atoms with van der Waals surface area (Å²) in [5, 5.41) is 14.8. The Morgan fingerprint density at radius 2 is 2.20 bits per heavy atom. The molecule has 2 rings (SSSR count). The van der Waals surface area contributed by atoms with Gasteiger partial charge in [-0.05, 0) is 25.0 Å². The number of hydrogen-bond acceptors (Lipinski definition) is 4. The third kappa shape index (κ3) is 3.12. The van der Waals surface area contributed by atoms with Gasteiger partial charge in [0.25, 0.3) is 5.69 Å². The molecule has 0 amide bonds. The van der Waals surface area contributed by atoms with Gasteiger partial charge in [-0.3, -0.25) is 10.1 Å². The van der Waals surface area contributed by atoms with Gasteiger partial charge < -0.3 is 10.2 Å². The van der Waals surface area contributed by atoms with E-state index < -0.39 is 0 Å². The Morgan fingerprint density at radius 3 is 2.80 bits per heavy atom. The summed E-state index contributed by atoms with van der Waals surface area (Å²) in [7, 11) is 0. The molecule has 0 aliphatic carbocycles. The summed E-state index contributed by atoms with van der Waals surface area (Å²) in [6, 6.07) is 5.85. The summed E-state index contributed by atoms with van der Waals surface area (Å²) in [4.78, 5) is 13.2. The Hall–Kier alpha value is -1.14. The Bertz CT molecular complexity index is 495. The van der Waals surface area contributed by atoms with Gasteiger partial charge in [-0.2, -0.15) is 0 Å². The molecule has 1 N–H and O–H groups in total. The predicted octanol–water partition coefficient (Wildman–Crippen LogP) is 3.32. The molecule has 1 aliphatic heterocycles. The molecule has 0 saturated carbocycles. The van der Waals surface area contributed by atoms with E-state index >= 15 is 0 Å². The Labute approximate surface area is 127 Å². The second-order valence-corrected chi connectivity index (χ2v) is 6.03. The van der Waals surface area contributed by atoms with Crippen molar-refractivity contribution in [1.29, 1.82) is 0 Å². The molecule has 0 bridgehead atoms. The summed E-state index contributed by atoms with van der Waals surface area (Å²) < 4.78 is 0.875. The molecule has 0 aromatic heterocycles. The molecule has 0 spiro atoms. The van der Waals surface area contributed by atoms with Crippen LogP contribution in [0.1, 0.15) is 26.7 Å². The summed E-state index contributed by atoms with van der Waals surface area (Å²) >= 11 is 3.42. The van der Waals surface area contributed by atoms with Crippen molar-refractivity contribution in [3.8, 4) is 0 Å². The van der Waals surface area contributed by atoms with Crippen LogP contribution in [0.4, 0.5) is 11.4 Å². The molecule has 2 atom stereocenters. The van der Waals surface area contributed by atoms with Crippen LogP contribution in [0.3, 0.4) is 0 Å². The third-order valence-electron chi connectivity index (χ3n) is 3.91. The third-order valence-corrected chi connectivity index (χ3v) is 4.40. The molecular weight excluding hydrogens is 322 g/mol. The first-order valence-corrected chi connectivity index (χ1v) is 7.80. The maximum atomic E-state index is 11.3. The summed E-state index contributed by atoms with van der Waals surface area (Å²) in [6.07, 6.45) is 1.99. The minimum Gasteiger partial charge on any atom is -0.360 e. The van der Waals surface area contributed by atoms with E-state index in [0.717, 1.165) is 36.1 Å². The molecule has 20 heavy (non-hydrogen) atoms. The standard InChI is InChI=1S/C14H20BrN3O2/c1-3-11-9-17(12(4-2)8-16-11)14-7-10(15)5-6-13(14)18(19)20/h5-7,11-12,16H,3-4,8-9H2,1-2H3. The first-order valence-electron chi connectivity index (χ1n) is 7.00. The van der Waals surface area contributed by atoms with Crippen molar-refractivity contribution in [2.24, 2.45) is 0 Å². The van der Waals surface area contributed by atoms with Crippen LogP contribution in [0, 0.1) is 10.1 Å². The summed E-state index contributed by atoms with van der Waals surface area (Å²) in [5.74, 6) is 0. The van der Waals surface area contributed by atoms with Crippen molar-refractivity contribution in [2.75, 3.05) is 18.0 Å². The van der Waals surface area contributed by atoms with Crippen molar-refractivity contribution >= 4 is 27.3 Å². The van der Waals surface area contributed by atoms with Crippen LogP contribution in [0.2, 0.25) is 0 Å². The summed E-state index contributed by atoms with van der Waals surface area (Å²) in [6.45, 7) is 5.94. The molecule has 1 aliphatic rings. The van der Waals surface area contributed by atoms with Crippen LogP contribution in [-0.2, 0) is 0 Å². The van der Waals surface area contributed by atoms with Crippen molar-refractivity contribution in [3.05, 3.63) is 32.8 Å². The largest absolute Gasteiger partial charge is 0.360 e. The van der Waals surface area contributed by atoms with Crippen molar-refractivity contribution in [1.82, 2.24) is 5.32 Å². The van der Waals surface area contributed by atoms with E-state index in [1.165, 1.54) is 0 Å². The van der Waals surface area contributed by atoms with Gasteiger partial charge in [-0.15, -0.1) is 0 Å². The molecule has 1 aromatic carbocycles. The zero-order valence-corrected chi connectivity index (χ0v) is 13.4. The fourth-order valence-corrected chi connectivity index (χ4v) is 3.03. The number of nitrogens with zero attached hydrogens (tertiary/aromatic N) is 2. The van der Waals surface area contributed by atoms with Gasteiger partial charge in [-0.1, -0.05) is 29.8 Å². The SMILES string of the molecule is CCC1CN(c2cc(Br)ccc2[N+](=O)[O-])C(CC)CN1. The maximum absolute atomic E-state index is 11.3. The lowest BCUT2D eigenvalue weighted by Gasteiger charge is -2.41. The van der Waals surface area contributed by atoms with Crippen LogP contribution < -0.4 is 10.2 Å². The summed E-state index contributed by atoms with van der Waals surface area (Å²) in [5.41, 5.74) is 0.902. The molecule has 110 valence electrons. The lowest BCUT2D eigenvalue weighted by atomic mass is 10.0. The lowest BCUT2D eigenvalue weighted by Crippen LogP contribution is -2.56. The second-order valence-electron chi connectivity index (χ2n) is 5.12. The number of anilines is 1. The Kier molecular flexibility index (Phi) is 4.99. The number of nitro benzene ring substituents is 1. The van der Waals surface area contributed by atoms with Gasteiger partial charge >= 0.3 is 0 Å². The minimum absolute atomic E-state index is 0.184. The Morgan fingerprint density at radius 1 is 1.45 bits per heavy atom. The number of nitrogens with one attached hydrogen (secondary N) is 1. The van der Waals surface area contributed by atoms with Crippen LogP contribution in [0.15, 0.2) is 22.7 Å². The van der Waals surface area contributed by atoms with E-state index in [4.69, 9.17) is 0 Å². The topological polar surface area (TPSA) is 58.4 Å². The molecule has 6 heteroatoms. The van der Waals surface area contributed by atoms with E-state index in [0.29, 0.717) is 12.1 Å². The van der Waals surface area contributed by atoms with E-state index in [9.17, 15) is 10.1 Å². The molecule has 2 unspecified atom stereocenters. The quantitative estimate of drug-likeness (QED) is 0.674. The van der Waals surface area contributed by atoms with Crippen LogP contribution in [0.25, 0.3) is 0 Å². The van der Waals surface area contributed by atoms with Crippen molar-refractivity contribution in [3.63, 3.8) is 0 Å². The van der Waals surface area contributed by atoms with Gasteiger partial charge in [0.2, 0.25) is 0 Å². The second kappa shape index (κ2) is 6.54. The van der Waals surface area contributed by atoms with Crippen LogP contribution in [0.5, 0.6) is 0 Å². The highest BCUT2D eigenvalue weighted by molar-refractivity contribution is 9.10. The molecule has 1 saturated heterocycles. The monoisotopic (exact) mass is 341 g/mol. The van der Waals surface area contributed by atoms with Gasteiger partial charge in [-0.25, -0.2) is 0 Å². The van der Waals surface area contributed by atoms with Crippen molar-refractivity contribution < 1.29 is 4.92 Å². The van der Waals surface area contributed by atoms with Gasteiger partial charge in [0.15, 0.2) is 0 Å². The number of nitro groups is 1. The smallest absolute Gasteiger partial charge is 0.292 e. The van der Waals surface area contributed by atoms with Gasteiger partial charge in [0, 0.05) is 35.7 Å². The zero-order valence-electron chi connectivity index (χ0n) is 11.8. The zero-order chi connectivity index (χ0) is 14.7. The molecule has 1 aromatic rings. The van der Waals surface area contributed by atoms with E-state index in [-0.39, 0.29) is 10.6 Å². The number of hydrogen-bond donors (Lipinski definition) is 1. The fourth-order valence-electron chi connectivity index (χ4n) is 2.68.